The molecule has 1 rings (SSSR count). The summed E-state index contributed by atoms with van der Waals surface area (Å²) in [6, 6.07) is 6.36. The zero-order chi connectivity index (χ0) is 13.5. The van der Waals surface area contributed by atoms with E-state index in [1.54, 1.807) is 7.11 Å². The van der Waals surface area contributed by atoms with Crippen molar-refractivity contribution in [3.8, 4) is 17.6 Å². The Morgan fingerprint density at radius 3 is 2.63 bits per heavy atom. The second-order valence-corrected chi connectivity index (χ2v) is 5.25. The third-order valence-corrected chi connectivity index (χ3v) is 3.09. The van der Waals surface area contributed by atoms with E-state index in [0.717, 1.165) is 15.7 Å². The lowest BCUT2D eigenvalue weighted by Crippen LogP contribution is -2.21. The van der Waals surface area contributed by atoms with Crippen LogP contribution in [-0.2, 0) is 6.54 Å². The van der Waals surface area contributed by atoms with Crippen molar-refractivity contribution in [2.24, 2.45) is 0 Å². The minimum absolute atomic E-state index is 0. The Labute approximate surface area is 134 Å². The summed E-state index contributed by atoms with van der Waals surface area (Å²) in [5, 5.41) is 11.9. The van der Waals surface area contributed by atoms with Crippen LogP contribution >= 0.6 is 35.0 Å². The average Bonchev–Trinajstić information content (AvgIpc) is 2.34. The fraction of sp³-hybridized carbons (Fsp3) is 0.462. The molecule has 0 fully saturated rings. The molecule has 1 aromatic carbocycles. The van der Waals surface area contributed by atoms with Gasteiger partial charge in [0.15, 0.2) is 18.1 Å². The summed E-state index contributed by atoms with van der Waals surface area (Å²) in [7, 11) is 1.60. The number of nitrogens with one attached hydrogen (secondary N) is 1. The maximum Gasteiger partial charge on any atom is 0.176 e. The zero-order valence-electron chi connectivity index (χ0n) is 11.2. The molecule has 0 radical (unpaired) electrons. The van der Waals surface area contributed by atoms with E-state index in [4.69, 9.17) is 14.7 Å². The fourth-order valence-corrected chi connectivity index (χ4v) is 2.26. The molecule has 19 heavy (non-hydrogen) atoms. The molecule has 106 valence electrons. The molecular weight excluding hydrogens is 379 g/mol. The number of hydrogen-bond donors (Lipinski definition) is 1. The van der Waals surface area contributed by atoms with E-state index in [1.807, 2.05) is 18.2 Å². The monoisotopic (exact) mass is 396 g/mol. The quantitative estimate of drug-likeness (QED) is 0.751. The van der Waals surface area contributed by atoms with E-state index in [-0.39, 0.29) is 19.0 Å². The molecule has 1 aromatic rings. The third kappa shape index (κ3) is 5.85. The van der Waals surface area contributed by atoms with Crippen LogP contribution in [0.1, 0.15) is 19.4 Å². The van der Waals surface area contributed by atoms with Crippen LogP contribution in [-0.4, -0.2) is 19.8 Å². The van der Waals surface area contributed by atoms with Gasteiger partial charge < -0.3 is 14.8 Å². The molecule has 0 heterocycles. The second kappa shape index (κ2) is 9.23. The summed E-state index contributed by atoms with van der Waals surface area (Å²) in [5.41, 5.74) is 1.13. The Morgan fingerprint density at radius 2 is 2.11 bits per heavy atom. The van der Waals surface area contributed by atoms with Gasteiger partial charge in [0.2, 0.25) is 0 Å². The first-order chi connectivity index (χ1) is 8.58. The first kappa shape index (κ1) is 18.3. The van der Waals surface area contributed by atoms with Crippen molar-refractivity contribution < 1.29 is 9.47 Å². The van der Waals surface area contributed by atoms with Gasteiger partial charge in [-0.1, -0.05) is 13.8 Å². The van der Waals surface area contributed by atoms with Gasteiger partial charge in [-0.05, 0) is 40.3 Å². The van der Waals surface area contributed by atoms with E-state index in [0.29, 0.717) is 17.5 Å². The van der Waals surface area contributed by atoms with Gasteiger partial charge in [0.05, 0.1) is 10.7 Å². The van der Waals surface area contributed by atoms with Gasteiger partial charge in [-0.3, -0.25) is 0 Å². The highest BCUT2D eigenvalue weighted by Gasteiger charge is 2.11. The van der Waals surface area contributed by atoms with Crippen LogP contribution in [0.5, 0.6) is 11.5 Å². The molecule has 0 amide bonds. The zero-order valence-corrected chi connectivity index (χ0v) is 14.2. The summed E-state index contributed by atoms with van der Waals surface area (Å²) in [6.45, 7) is 5.01. The lowest BCUT2D eigenvalue weighted by atomic mass is 10.2. The van der Waals surface area contributed by atoms with E-state index in [9.17, 15) is 0 Å². The Balaban J connectivity index is 0.00000324. The smallest absolute Gasteiger partial charge is 0.176 e. The summed E-state index contributed by atoms with van der Waals surface area (Å²) in [6.07, 6.45) is 0. The first-order valence-electron chi connectivity index (χ1n) is 5.68. The minimum Gasteiger partial charge on any atom is -0.493 e. The summed E-state index contributed by atoms with van der Waals surface area (Å²) in [5.74, 6) is 1.30. The van der Waals surface area contributed by atoms with Gasteiger partial charge in [0.25, 0.3) is 0 Å². The average molecular weight is 397 g/mol. The van der Waals surface area contributed by atoms with Crippen LogP contribution in [0.2, 0.25) is 0 Å². The molecule has 0 aliphatic carbocycles. The molecule has 0 saturated carbocycles. The largest absolute Gasteiger partial charge is 0.493 e. The number of benzene rings is 1. The highest BCUT2D eigenvalue weighted by atomic mass is 127. The van der Waals surface area contributed by atoms with E-state index in [1.165, 1.54) is 0 Å². The van der Waals surface area contributed by atoms with Gasteiger partial charge in [-0.2, -0.15) is 5.26 Å². The summed E-state index contributed by atoms with van der Waals surface area (Å²) >= 11 is 2.19. The molecule has 4 nitrogen and oxygen atoms in total. The summed E-state index contributed by atoms with van der Waals surface area (Å²) in [4.78, 5) is 0. The molecule has 0 bridgehead atoms. The van der Waals surface area contributed by atoms with Crippen molar-refractivity contribution in [2.45, 2.75) is 26.4 Å². The standard InChI is InChI=1S/C13H17IN2O2.ClH/c1-9(2)16-8-10-6-11(14)13(18-5-4-15)12(7-10)17-3;/h6-7,9,16H,5,8H2,1-3H3;1H. The van der Waals surface area contributed by atoms with Gasteiger partial charge in [-0.15, -0.1) is 12.4 Å². The number of nitrogens with zero attached hydrogens (tertiary/aromatic N) is 1. The topological polar surface area (TPSA) is 54.3 Å². The van der Waals surface area contributed by atoms with Crippen LogP contribution in [0, 0.1) is 14.9 Å². The molecule has 0 aromatic heterocycles. The maximum atomic E-state index is 8.55. The van der Waals surface area contributed by atoms with Crippen LogP contribution in [0.3, 0.4) is 0 Å². The molecule has 0 aliphatic heterocycles. The van der Waals surface area contributed by atoms with Crippen LogP contribution in [0.25, 0.3) is 0 Å². The van der Waals surface area contributed by atoms with Crippen molar-refractivity contribution in [1.29, 1.82) is 5.26 Å². The number of nitriles is 1. The molecule has 0 aliphatic rings. The third-order valence-electron chi connectivity index (χ3n) is 2.28. The highest BCUT2D eigenvalue weighted by molar-refractivity contribution is 14.1. The number of methoxy groups -OCH3 is 1. The Hall–Kier alpha value is -0.710. The molecule has 6 heteroatoms. The van der Waals surface area contributed by atoms with E-state index < -0.39 is 0 Å². The molecule has 0 unspecified atom stereocenters. The SMILES string of the molecule is COc1cc(CNC(C)C)cc(I)c1OCC#N.Cl. The van der Waals surface area contributed by atoms with Crippen molar-refractivity contribution in [3.05, 3.63) is 21.3 Å². The molecule has 1 N–H and O–H groups in total. The lowest BCUT2D eigenvalue weighted by molar-refractivity contribution is 0.327. The lowest BCUT2D eigenvalue weighted by Gasteiger charge is -2.14. The number of ether oxygens (including phenoxy) is 2. The normalized spacial score (nSPS) is 9.68. The predicted molar refractivity (Wildman–Crippen MR) is 86.0 cm³/mol. The van der Waals surface area contributed by atoms with Gasteiger partial charge >= 0.3 is 0 Å². The summed E-state index contributed by atoms with van der Waals surface area (Å²) < 4.78 is 11.6. The van der Waals surface area contributed by atoms with Crippen LogP contribution in [0.4, 0.5) is 0 Å². The van der Waals surface area contributed by atoms with Gasteiger partial charge in [0, 0.05) is 12.6 Å². The van der Waals surface area contributed by atoms with Crippen LogP contribution in [0.15, 0.2) is 12.1 Å². The Morgan fingerprint density at radius 1 is 1.42 bits per heavy atom. The van der Waals surface area contributed by atoms with Crippen molar-refractivity contribution in [3.63, 3.8) is 0 Å². The van der Waals surface area contributed by atoms with Crippen molar-refractivity contribution in [1.82, 2.24) is 5.32 Å². The van der Waals surface area contributed by atoms with E-state index in [2.05, 4.69) is 41.8 Å². The van der Waals surface area contributed by atoms with Gasteiger partial charge in [0.1, 0.15) is 6.07 Å². The number of halogens is 2. The highest BCUT2D eigenvalue weighted by Crippen LogP contribution is 2.33. The van der Waals surface area contributed by atoms with Crippen molar-refractivity contribution >= 4 is 35.0 Å². The number of rotatable bonds is 6. The molecular formula is C13H18ClIN2O2. The van der Waals surface area contributed by atoms with Crippen LogP contribution < -0.4 is 14.8 Å². The Kier molecular flexibility index (Phi) is 8.89. The number of hydrogen-bond acceptors (Lipinski definition) is 4. The predicted octanol–water partition coefficient (Wildman–Crippen LogP) is 3.12. The van der Waals surface area contributed by atoms with Crippen molar-refractivity contribution in [2.75, 3.05) is 13.7 Å². The minimum atomic E-state index is 0. The molecule has 0 saturated heterocycles. The molecule has 0 atom stereocenters. The Bertz CT molecular complexity index is 447. The van der Waals surface area contributed by atoms with E-state index >= 15 is 0 Å². The maximum absolute atomic E-state index is 8.55. The van der Waals surface area contributed by atoms with Gasteiger partial charge in [-0.25, -0.2) is 0 Å². The second-order valence-electron chi connectivity index (χ2n) is 4.09. The molecule has 0 spiro atoms. The first-order valence-corrected chi connectivity index (χ1v) is 6.76. The fourth-order valence-electron chi connectivity index (χ4n) is 1.44.